The maximum Gasteiger partial charge on any atom is 0.410 e. The number of rotatable bonds is 18. The number of amides is 1. The number of fused-ring (bicyclic) bond motifs is 2. The summed E-state index contributed by atoms with van der Waals surface area (Å²) >= 11 is 0. The van der Waals surface area contributed by atoms with E-state index in [-0.39, 0.29) is 55.5 Å². The van der Waals surface area contributed by atoms with Crippen LogP contribution < -0.4 is 9.47 Å². The molecule has 1 amide bonds. The first-order valence-electron chi connectivity index (χ1n) is 19.7. The highest BCUT2D eigenvalue weighted by Crippen LogP contribution is 2.61. The minimum absolute atomic E-state index is 0.112. The van der Waals surface area contributed by atoms with Gasteiger partial charge in [0.1, 0.15) is 29.7 Å². The second-order valence-corrected chi connectivity index (χ2v) is 17.4. The van der Waals surface area contributed by atoms with Crippen molar-refractivity contribution in [3.63, 3.8) is 0 Å². The number of aliphatic hydroxyl groups is 2. The molecule has 2 aliphatic heterocycles. The monoisotopic (exact) mass is 739 g/mol. The predicted octanol–water partition coefficient (Wildman–Crippen LogP) is 6.93. The fourth-order valence-electron chi connectivity index (χ4n) is 8.10. The van der Waals surface area contributed by atoms with E-state index >= 15 is 0 Å². The van der Waals surface area contributed by atoms with Crippen LogP contribution in [0.25, 0.3) is 0 Å². The van der Waals surface area contributed by atoms with Crippen molar-refractivity contribution in [2.75, 3.05) is 59.7 Å². The first-order valence-corrected chi connectivity index (χ1v) is 19.7. The Labute approximate surface area is 317 Å². The van der Waals surface area contributed by atoms with Gasteiger partial charge in [0.2, 0.25) is 5.79 Å². The van der Waals surface area contributed by atoms with Crippen molar-refractivity contribution in [1.29, 1.82) is 0 Å². The maximum atomic E-state index is 14.0. The lowest BCUT2D eigenvalue weighted by Crippen LogP contribution is -2.69. The van der Waals surface area contributed by atoms with E-state index in [4.69, 9.17) is 28.9 Å². The lowest BCUT2D eigenvalue weighted by Gasteiger charge is -2.59. The highest BCUT2D eigenvalue weighted by Gasteiger charge is 2.65. The van der Waals surface area contributed by atoms with Crippen molar-refractivity contribution in [3.8, 4) is 11.5 Å². The van der Waals surface area contributed by atoms with Gasteiger partial charge >= 0.3 is 6.09 Å². The molecule has 4 aliphatic rings. The first-order chi connectivity index (χ1) is 25.2. The van der Waals surface area contributed by atoms with Crippen LogP contribution in [0.5, 0.6) is 11.5 Å². The number of likely N-dealkylation sites (N-methyl/N-ethyl adjacent to an activating group) is 1. The Morgan fingerprint density at radius 1 is 1.09 bits per heavy atom. The molecule has 1 saturated heterocycles. The van der Waals surface area contributed by atoms with Gasteiger partial charge in [0.05, 0.1) is 24.8 Å². The normalized spacial score (nSPS) is 27.2. The molecule has 2 heterocycles. The quantitative estimate of drug-likeness (QED) is 0.0715. The molecule has 0 radical (unpaired) electrons. The average Bonchev–Trinajstić information content (AvgIpc) is 3.94. The van der Waals surface area contributed by atoms with Gasteiger partial charge in [-0.25, -0.2) is 4.79 Å². The number of unbranched alkanes of at least 4 members (excludes halogenated alkanes) is 2. The van der Waals surface area contributed by atoms with Gasteiger partial charge in [-0.1, -0.05) is 50.9 Å². The third-order valence-electron chi connectivity index (χ3n) is 10.7. The second kappa shape index (κ2) is 17.6. The van der Waals surface area contributed by atoms with E-state index in [9.17, 15) is 15.0 Å². The van der Waals surface area contributed by atoms with E-state index in [1.807, 2.05) is 53.7 Å². The van der Waals surface area contributed by atoms with Crippen LogP contribution in [0, 0.1) is 23.2 Å². The van der Waals surface area contributed by atoms with Crippen molar-refractivity contribution < 1.29 is 38.8 Å². The van der Waals surface area contributed by atoms with Gasteiger partial charge in [-0.15, -0.1) is 6.58 Å². The van der Waals surface area contributed by atoms with Crippen LogP contribution in [0.4, 0.5) is 4.79 Å². The Morgan fingerprint density at radius 3 is 2.45 bits per heavy atom. The molecule has 2 fully saturated rings. The summed E-state index contributed by atoms with van der Waals surface area (Å²) in [6.45, 7) is 20.4. The summed E-state index contributed by atoms with van der Waals surface area (Å²) in [5.74, 6) is -0.0371. The van der Waals surface area contributed by atoms with Crippen molar-refractivity contribution in [1.82, 2.24) is 9.80 Å². The molecule has 1 aromatic carbocycles. The van der Waals surface area contributed by atoms with Crippen molar-refractivity contribution in [2.24, 2.45) is 28.3 Å². The zero-order valence-corrected chi connectivity index (χ0v) is 33.3. The lowest BCUT2D eigenvalue weighted by molar-refractivity contribution is -0.254. The number of hydrogen-bond acceptors (Lipinski definition) is 10. The summed E-state index contributed by atoms with van der Waals surface area (Å²) in [5.41, 5.74) is 2.03. The third kappa shape index (κ3) is 10.1. The molecule has 0 aromatic heterocycles. The van der Waals surface area contributed by atoms with E-state index in [0.717, 1.165) is 74.3 Å². The van der Waals surface area contributed by atoms with Gasteiger partial charge in [-0.05, 0) is 87.5 Å². The largest absolute Gasteiger partial charge is 0.492 e. The van der Waals surface area contributed by atoms with Crippen molar-refractivity contribution in [3.05, 3.63) is 48.1 Å². The number of aliphatic hydroxyl groups excluding tert-OH is 2. The van der Waals surface area contributed by atoms with E-state index < -0.39 is 23.5 Å². The molecule has 6 atom stereocenters. The Kier molecular flexibility index (Phi) is 13.6. The van der Waals surface area contributed by atoms with Gasteiger partial charge in [-0.3, -0.25) is 4.90 Å². The van der Waals surface area contributed by atoms with Crippen molar-refractivity contribution >= 4 is 11.8 Å². The molecule has 296 valence electrons. The Morgan fingerprint density at radius 2 is 1.81 bits per heavy atom. The van der Waals surface area contributed by atoms with Crippen LogP contribution in [0.2, 0.25) is 0 Å². The molecule has 2 aliphatic carbocycles. The molecule has 0 bridgehead atoms. The van der Waals surface area contributed by atoms with Gasteiger partial charge in [0.25, 0.3) is 0 Å². The summed E-state index contributed by atoms with van der Waals surface area (Å²) in [6.07, 6.45) is 8.82. The standard InChI is InChI=1S/C42H65N3O8/c1-9-23-51-42-36(44(8)39(48)50-28-40(2,3)4)27-34(43-53-41(5,6)7)32-25-29(14-10-12-21-46)31(15-11-13-22-47)37(38(32)42)33-26-30(16-17-35(33)52-42)49-24-20-45-18-19-45/h9,16-17,25-26,29,31,36-38,46-47H,1,10-15,18-24,27-28H2,2-8H3. The molecular weight excluding hydrogens is 674 g/mol. The summed E-state index contributed by atoms with van der Waals surface area (Å²) in [5, 5.41) is 24.5. The zero-order valence-electron chi connectivity index (χ0n) is 33.3. The molecular formula is C42H65N3O8. The number of carbonyl (C=O) groups is 1. The predicted molar refractivity (Wildman–Crippen MR) is 206 cm³/mol. The minimum Gasteiger partial charge on any atom is -0.492 e. The average molecular weight is 740 g/mol. The Hall–Kier alpha value is -3.12. The summed E-state index contributed by atoms with van der Waals surface area (Å²) in [6, 6.07) is 5.45. The molecule has 1 saturated carbocycles. The van der Waals surface area contributed by atoms with Crippen molar-refractivity contribution in [2.45, 2.75) is 110 Å². The number of allylic oxidation sites excluding steroid dienone is 1. The van der Waals surface area contributed by atoms with Crippen LogP contribution in [-0.4, -0.2) is 109 Å². The van der Waals surface area contributed by atoms with E-state index in [1.165, 1.54) is 0 Å². The zero-order chi connectivity index (χ0) is 38.4. The van der Waals surface area contributed by atoms with E-state index in [0.29, 0.717) is 25.2 Å². The number of hydrogen-bond donors (Lipinski definition) is 2. The van der Waals surface area contributed by atoms with Gasteiger partial charge in [0.15, 0.2) is 0 Å². The first kappa shape index (κ1) is 41.1. The summed E-state index contributed by atoms with van der Waals surface area (Å²) in [4.78, 5) is 24.1. The molecule has 6 unspecified atom stereocenters. The number of oxime groups is 1. The van der Waals surface area contributed by atoms with Crippen LogP contribution in [0.3, 0.4) is 0 Å². The number of benzene rings is 1. The number of carbonyl (C=O) groups excluding carboxylic acids is 1. The Balaban J connectivity index is 1.71. The van der Waals surface area contributed by atoms with Crippen LogP contribution in [-0.2, 0) is 14.3 Å². The summed E-state index contributed by atoms with van der Waals surface area (Å²) < 4.78 is 26.4. The fraction of sp³-hybridized carbons (Fsp3) is 0.714. The van der Waals surface area contributed by atoms with Gasteiger partial charge in [0, 0.05) is 57.8 Å². The van der Waals surface area contributed by atoms with Crippen LogP contribution >= 0.6 is 0 Å². The highest BCUT2D eigenvalue weighted by atomic mass is 16.7. The van der Waals surface area contributed by atoms with E-state index in [1.54, 1.807) is 18.0 Å². The molecule has 2 N–H and O–H groups in total. The Bertz CT molecular complexity index is 1460. The fourth-order valence-corrected chi connectivity index (χ4v) is 8.10. The highest BCUT2D eigenvalue weighted by molar-refractivity contribution is 6.03. The maximum absolute atomic E-state index is 14.0. The lowest BCUT2D eigenvalue weighted by atomic mass is 9.55. The summed E-state index contributed by atoms with van der Waals surface area (Å²) in [7, 11) is 1.76. The molecule has 1 aromatic rings. The van der Waals surface area contributed by atoms with Gasteiger partial charge in [-0.2, -0.15) is 0 Å². The SMILES string of the molecule is C=CCOC12Oc3ccc(OCCN4CC4)cc3C3C(CCCCO)C(CCCCO)C=C(C(=NOC(C)(C)C)CC1N(C)C(=O)OCC(C)(C)C)C32. The number of ether oxygens (including phenoxy) is 4. The molecule has 11 heteroatoms. The van der Waals surface area contributed by atoms with Gasteiger partial charge < -0.3 is 38.9 Å². The molecule has 53 heavy (non-hydrogen) atoms. The molecule has 0 spiro atoms. The molecule has 11 nitrogen and oxygen atoms in total. The smallest absolute Gasteiger partial charge is 0.410 e. The second-order valence-electron chi connectivity index (χ2n) is 17.4. The minimum atomic E-state index is -1.32. The number of nitrogens with zero attached hydrogens (tertiary/aromatic N) is 3. The third-order valence-corrected chi connectivity index (χ3v) is 10.7. The van der Waals surface area contributed by atoms with Crippen LogP contribution in [0.15, 0.2) is 47.7 Å². The molecule has 5 rings (SSSR count). The van der Waals surface area contributed by atoms with Crippen LogP contribution in [0.1, 0.15) is 98.0 Å². The topological polar surface area (TPSA) is 122 Å². The van der Waals surface area contributed by atoms with E-state index in [2.05, 4.69) is 23.6 Å².